The molecule has 6 nitrogen and oxygen atoms in total. The fraction of sp³-hybridized carbons (Fsp3) is 0. The molecule has 0 saturated heterocycles. The second-order valence-corrected chi connectivity index (χ2v) is 19.6. The number of benzene rings is 11. The van der Waals surface area contributed by atoms with Crippen LogP contribution < -0.4 is 57.1 Å². The highest BCUT2D eigenvalue weighted by Gasteiger charge is 2.48. The molecular formula is C66H42B2N4O2. The smallest absolute Gasteiger partial charge is 0.256 e. The summed E-state index contributed by atoms with van der Waals surface area (Å²) < 4.78 is 14.2. The summed E-state index contributed by atoms with van der Waals surface area (Å²) in [6, 6.07) is 92.1. The zero-order chi connectivity index (χ0) is 48.4. The van der Waals surface area contributed by atoms with E-state index in [4.69, 9.17) is 9.15 Å². The van der Waals surface area contributed by atoms with Crippen molar-refractivity contribution in [1.29, 1.82) is 0 Å². The first kappa shape index (κ1) is 41.0. The zero-order valence-corrected chi connectivity index (χ0v) is 40.0. The van der Waals surface area contributed by atoms with Crippen LogP contribution in [0.5, 0.6) is 11.5 Å². The van der Waals surface area contributed by atoms with Gasteiger partial charge in [0.05, 0.1) is 16.8 Å². The molecule has 0 spiro atoms. The lowest BCUT2D eigenvalue weighted by Crippen LogP contribution is -2.64. The summed E-state index contributed by atoms with van der Waals surface area (Å²) in [6.45, 7) is -0.283. The second kappa shape index (κ2) is 15.9. The van der Waals surface area contributed by atoms with Gasteiger partial charge in [-0.05, 0) is 124 Å². The third-order valence-corrected chi connectivity index (χ3v) is 15.6. The van der Waals surface area contributed by atoms with E-state index < -0.39 is 0 Å². The molecule has 5 heterocycles. The Kier molecular flexibility index (Phi) is 8.83. The molecular weight excluding hydrogens is 902 g/mol. The first-order valence-corrected chi connectivity index (χ1v) is 25.4. The molecule has 0 atom stereocenters. The fourth-order valence-corrected chi connectivity index (χ4v) is 12.7. The van der Waals surface area contributed by atoms with Gasteiger partial charge in [0, 0.05) is 74.4 Å². The van der Waals surface area contributed by atoms with Crippen LogP contribution in [0.25, 0.3) is 21.9 Å². The number of hydrogen-bond acceptors (Lipinski definition) is 6. The second-order valence-electron chi connectivity index (χ2n) is 19.6. The van der Waals surface area contributed by atoms with Crippen LogP contribution in [-0.4, -0.2) is 13.4 Å². The SMILES string of the molecule is c1ccc(N(c2ccccc2)c2cc3c4c(c2)N(c2ccccc2)c2cc5c(cc2B4c2ccccc2N3c2ccccc2)B2c3ccccc3N(c3ccccc3)c3c2c(cc2oc4ccccc4c32)O5)cc1. The third kappa shape index (κ3) is 5.91. The Morgan fingerprint density at radius 2 is 0.811 bits per heavy atom. The van der Waals surface area contributed by atoms with Crippen LogP contribution in [-0.2, 0) is 0 Å². The predicted octanol–water partition coefficient (Wildman–Crippen LogP) is 13.5. The average Bonchev–Trinajstić information content (AvgIpc) is 3.92. The van der Waals surface area contributed by atoms with E-state index in [0.717, 1.165) is 113 Å². The summed E-state index contributed by atoms with van der Waals surface area (Å²) in [5.74, 6) is 1.63. The molecule has 0 aliphatic carbocycles. The van der Waals surface area contributed by atoms with Crippen molar-refractivity contribution in [2.45, 2.75) is 0 Å². The third-order valence-electron chi connectivity index (χ3n) is 15.6. The monoisotopic (exact) mass is 944 g/mol. The first-order valence-electron chi connectivity index (χ1n) is 25.4. The van der Waals surface area contributed by atoms with E-state index in [9.17, 15) is 0 Å². The van der Waals surface area contributed by atoms with Gasteiger partial charge in [-0.3, -0.25) is 0 Å². The van der Waals surface area contributed by atoms with Gasteiger partial charge in [-0.25, -0.2) is 0 Å². The Morgan fingerprint density at radius 1 is 0.324 bits per heavy atom. The molecule has 0 unspecified atom stereocenters. The molecule has 0 saturated carbocycles. The molecule has 4 aliphatic heterocycles. The maximum Gasteiger partial charge on any atom is 0.256 e. The Morgan fingerprint density at radius 3 is 1.42 bits per heavy atom. The lowest BCUT2D eigenvalue weighted by Gasteiger charge is -2.46. The number of furan rings is 1. The standard InChI is InChI=1S/C66H42B2N4O2/c1-6-22-43(23-7-1)69(44-24-8-2-9-25-44)48-38-57-64-58(39-48)71(46-28-12-4-13-29-46)56-41-60-53(40-52(56)67(64)50-33-17-19-35-54(50)70(57)45-26-10-3-11-27-45)68-51-34-18-20-36-55(51)72(47-30-14-5-15-31-47)66-63-49-32-16-21-37-59(49)73-61(63)42-62(74-60)65(66)68/h1-42H. The normalized spacial score (nSPS) is 13.4. The molecule has 11 aromatic carbocycles. The Labute approximate surface area is 429 Å². The van der Waals surface area contributed by atoms with Crippen molar-refractivity contribution in [2.75, 3.05) is 19.6 Å². The van der Waals surface area contributed by atoms with E-state index >= 15 is 0 Å². The summed E-state index contributed by atoms with van der Waals surface area (Å²) in [6.07, 6.45) is 0. The van der Waals surface area contributed by atoms with Crippen LogP contribution >= 0.6 is 0 Å². The molecule has 74 heavy (non-hydrogen) atoms. The summed E-state index contributed by atoms with van der Waals surface area (Å²) in [5, 5.41) is 2.16. The van der Waals surface area contributed by atoms with E-state index in [0.29, 0.717) is 0 Å². The Bertz CT molecular complexity index is 4170. The van der Waals surface area contributed by atoms with Crippen LogP contribution in [0.4, 0.5) is 68.2 Å². The fourth-order valence-electron chi connectivity index (χ4n) is 12.7. The summed E-state index contributed by atoms with van der Waals surface area (Å²) in [7, 11) is 0. The number of fused-ring (bicyclic) bond motifs is 12. The first-order chi connectivity index (χ1) is 36.7. The molecule has 0 bridgehead atoms. The largest absolute Gasteiger partial charge is 0.458 e. The molecule has 8 heteroatoms. The van der Waals surface area contributed by atoms with E-state index in [1.807, 2.05) is 6.07 Å². The van der Waals surface area contributed by atoms with Gasteiger partial charge in [-0.15, -0.1) is 0 Å². The number of hydrogen-bond donors (Lipinski definition) is 0. The highest BCUT2D eigenvalue weighted by molar-refractivity contribution is 7.02. The van der Waals surface area contributed by atoms with Gasteiger partial charge in [0.15, 0.2) is 0 Å². The quantitative estimate of drug-likeness (QED) is 0.155. The number of rotatable bonds is 6. The van der Waals surface area contributed by atoms with Crippen LogP contribution in [0.3, 0.4) is 0 Å². The summed E-state index contributed by atoms with van der Waals surface area (Å²) in [4.78, 5) is 9.79. The molecule has 12 aromatic rings. The molecule has 0 fully saturated rings. The predicted molar refractivity (Wildman–Crippen MR) is 308 cm³/mol. The van der Waals surface area contributed by atoms with Gasteiger partial charge in [0.25, 0.3) is 13.4 Å². The number of para-hydroxylation sites is 8. The summed E-state index contributed by atoms with van der Waals surface area (Å²) >= 11 is 0. The minimum absolute atomic E-state index is 0.131. The summed E-state index contributed by atoms with van der Waals surface area (Å²) in [5.41, 5.74) is 22.0. The van der Waals surface area contributed by atoms with Crippen molar-refractivity contribution in [2.24, 2.45) is 0 Å². The lowest BCUT2D eigenvalue weighted by atomic mass is 9.30. The number of anilines is 12. The van der Waals surface area contributed by atoms with Crippen LogP contribution in [0.2, 0.25) is 0 Å². The van der Waals surface area contributed by atoms with Gasteiger partial charge < -0.3 is 28.8 Å². The maximum atomic E-state index is 7.46. The lowest BCUT2D eigenvalue weighted by molar-refractivity contribution is 0.487. The van der Waals surface area contributed by atoms with Crippen molar-refractivity contribution in [1.82, 2.24) is 0 Å². The van der Waals surface area contributed by atoms with Crippen LogP contribution in [0, 0.1) is 0 Å². The molecule has 16 rings (SSSR count). The highest BCUT2D eigenvalue weighted by atomic mass is 16.5. The van der Waals surface area contributed by atoms with E-state index in [1.54, 1.807) is 0 Å². The molecule has 0 radical (unpaired) electrons. The van der Waals surface area contributed by atoms with Crippen LogP contribution in [0.1, 0.15) is 0 Å². The average molecular weight is 945 g/mol. The van der Waals surface area contributed by atoms with Crippen molar-refractivity contribution < 1.29 is 9.15 Å². The molecule has 1 aromatic heterocycles. The van der Waals surface area contributed by atoms with E-state index in [2.05, 4.69) is 268 Å². The van der Waals surface area contributed by atoms with Crippen molar-refractivity contribution >= 4 is 136 Å². The van der Waals surface area contributed by atoms with E-state index in [1.165, 1.54) is 21.9 Å². The molecule has 4 aliphatic rings. The van der Waals surface area contributed by atoms with Crippen molar-refractivity contribution in [3.63, 3.8) is 0 Å². The van der Waals surface area contributed by atoms with Crippen molar-refractivity contribution in [3.05, 3.63) is 255 Å². The Balaban J connectivity index is 1.01. The topological polar surface area (TPSA) is 35.3 Å². The van der Waals surface area contributed by atoms with Gasteiger partial charge >= 0.3 is 0 Å². The van der Waals surface area contributed by atoms with Gasteiger partial charge in [-0.2, -0.15) is 0 Å². The number of nitrogens with zero attached hydrogens (tertiary/aromatic N) is 4. The molecule has 0 N–H and O–H groups in total. The minimum Gasteiger partial charge on any atom is -0.458 e. The minimum atomic E-state index is -0.151. The van der Waals surface area contributed by atoms with Crippen LogP contribution in [0.15, 0.2) is 259 Å². The number of ether oxygens (including phenoxy) is 1. The molecule has 0 amide bonds. The van der Waals surface area contributed by atoms with E-state index in [-0.39, 0.29) is 13.4 Å². The van der Waals surface area contributed by atoms with Gasteiger partial charge in [0.2, 0.25) is 0 Å². The van der Waals surface area contributed by atoms with Gasteiger partial charge in [0.1, 0.15) is 22.7 Å². The molecule has 344 valence electrons. The zero-order valence-electron chi connectivity index (χ0n) is 40.0. The highest BCUT2D eigenvalue weighted by Crippen LogP contribution is 2.51. The van der Waals surface area contributed by atoms with Gasteiger partial charge in [-0.1, -0.05) is 152 Å². The van der Waals surface area contributed by atoms with Crippen molar-refractivity contribution in [3.8, 4) is 11.5 Å². The maximum absolute atomic E-state index is 7.46. The Hall–Kier alpha value is -9.65.